The van der Waals surface area contributed by atoms with Gasteiger partial charge in [0.25, 0.3) is 0 Å². The quantitative estimate of drug-likeness (QED) is 0.630. The molecular weight excluding hydrogens is 232 g/mol. The van der Waals surface area contributed by atoms with E-state index >= 15 is 0 Å². The van der Waals surface area contributed by atoms with Crippen LogP contribution in [0, 0.1) is 6.92 Å². The number of nitrogens with two attached hydrogens (primary N) is 1. The first-order valence-electron chi connectivity index (χ1n) is 5.76. The zero-order chi connectivity index (χ0) is 12.3. The van der Waals surface area contributed by atoms with Crippen molar-refractivity contribution in [1.29, 1.82) is 0 Å². The van der Waals surface area contributed by atoms with E-state index in [0.717, 1.165) is 13.0 Å². The Kier molecular flexibility index (Phi) is 3.93. The van der Waals surface area contributed by atoms with Crippen LogP contribution in [0.3, 0.4) is 0 Å². The molecule has 2 aromatic rings. The Hall–Kier alpha value is -1.17. The highest BCUT2D eigenvalue weighted by Crippen LogP contribution is 2.26. The van der Waals surface area contributed by atoms with E-state index in [-0.39, 0.29) is 6.04 Å². The van der Waals surface area contributed by atoms with Gasteiger partial charge in [0.2, 0.25) is 0 Å². The molecule has 0 aliphatic carbocycles. The molecule has 0 aliphatic rings. The third-order valence-corrected chi connectivity index (χ3v) is 4.00. The lowest BCUT2D eigenvalue weighted by Gasteiger charge is -2.14. The maximum absolute atomic E-state index is 5.65. The van der Waals surface area contributed by atoms with Crippen molar-refractivity contribution in [3.63, 3.8) is 0 Å². The van der Waals surface area contributed by atoms with Gasteiger partial charge in [-0.2, -0.15) is 5.10 Å². The van der Waals surface area contributed by atoms with Crippen molar-refractivity contribution in [2.75, 3.05) is 0 Å². The number of nitrogens with zero attached hydrogens (tertiary/aromatic N) is 2. The van der Waals surface area contributed by atoms with E-state index in [9.17, 15) is 0 Å². The average Bonchev–Trinajstić information content (AvgIpc) is 2.95. The van der Waals surface area contributed by atoms with Gasteiger partial charge in [0.15, 0.2) is 0 Å². The largest absolute Gasteiger partial charge is 0.273 e. The average molecular weight is 250 g/mol. The minimum absolute atomic E-state index is 0.171. The molecule has 0 saturated carbocycles. The smallest absolute Gasteiger partial charge is 0.0597 e. The topological polar surface area (TPSA) is 55.9 Å². The van der Waals surface area contributed by atoms with Gasteiger partial charge in [0.1, 0.15) is 0 Å². The van der Waals surface area contributed by atoms with Gasteiger partial charge < -0.3 is 0 Å². The van der Waals surface area contributed by atoms with Crippen LogP contribution in [0.4, 0.5) is 0 Å². The fourth-order valence-electron chi connectivity index (χ4n) is 1.89. The second kappa shape index (κ2) is 5.44. The standard InChI is InChI=1S/C12H18N4S/c1-3-16-8-10(7-14-16)6-11(15-13)12-9(2)4-5-17-12/h4-5,7-8,11,15H,3,6,13H2,1-2H3. The Morgan fingerprint density at radius 2 is 2.41 bits per heavy atom. The second-order valence-electron chi connectivity index (χ2n) is 4.10. The van der Waals surface area contributed by atoms with Crippen LogP contribution in [0.5, 0.6) is 0 Å². The summed E-state index contributed by atoms with van der Waals surface area (Å²) in [6.07, 6.45) is 4.86. The first-order chi connectivity index (χ1) is 8.24. The summed E-state index contributed by atoms with van der Waals surface area (Å²) in [5.74, 6) is 5.65. The monoisotopic (exact) mass is 250 g/mol. The molecule has 1 atom stereocenters. The van der Waals surface area contributed by atoms with Gasteiger partial charge in [-0.25, -0.2) is 0 Å². The number of hydrogen-bond acceptors (Lipinski definition) is 4. The summed E-state index contributed by atoms with van der Waals surface area (Å²) in [5.41, 5.74) is 5.40. The van der Waals surface area contributed by atoms with E-state index in [2.05, 4.69) is 42.0 Å². The van der Waals surface area contributed by atoms with Gasteiger partial charge in [0.05, 0.1) is 12.2 Å². The van der Waals surface area contributed by atoms with Crippen LogP contribution in [0.1, 0.15) is 29.0 Å². The van der Waals surface area contributed by atoms with Crippen LogP contribution >= 0.6 is 11.3 Å². The highest BCUT2D eigenvalue weighted by Gasteiger charge is 2.15. The Morgan fingerprint density at radius 3 is 2.94 bits per heavy atom. The minimum Gasteiger partial charge on any atom is -0.273 e. The molecule has 0 aromatic carbocycles. The SMILES string of the molecule is CCn1cc(CC(NN)c2sccc2C)cn1. The highest BCUT2D eigenvalue weighted by molar-refractivity contribution is 7.10. The normalized spacial score (nSPS) is 12.9. The number of hydrazine groups is 1. The van der Waals surface area contributed by atoms with Crippen LogP contribution < -0.4 is 11.3 Å². The highest BCUT2D eigenvalue weighted by atomic mass is 32.1. The number of aromatic nitrogens is 2. The maximum Gasteiger partial charge on any atom is 0.0597 e. The van der Waals surface area contributed by atoms with Crippen molar-refractivity contribution in [3.8, 4) is 0 Å². The minimum atomic E-state index is 0.171. The van der Waals surface area contributed by atoms with Crippen LogP contribution in [0.2, 0.25) is 0 Å². The lowest BCUT2D eigenvalue weighted by atomic mass is 10.1. The van der Waals surface area contributed by atoms with E-state index in [0.29, 0.717) is 0 Å². The first kappa shape index (κ1) is 12.3. The Balaban J connectivity index is 2.12. The number of hydrogen-bond donors (Lipinski definition) is 2. The molecule has 4 nitrogen and oxygen atoms in total. The van der Waals surface area contributed by atoms with Gasteiger partial charge in [0, 0.05) is 17.6 Å². The Labute approximate surface area is 105 Å². The number of rotatable bonds is 5. The summed E-state index contributed by atoms with van der Waals surface area (Å²) in [6, 6.07) is 2.30. The summed E-state index contributed by atoms with van der Waals surface area (Å²) in [5, 5.41) is 6.38. The van der Waals surface area contributed by atoms with E-state index in [1.807, 2.05) is 10.9 Å². The van der Waals surface area contributed by atoms with Crippen LogP contribution in [-0.2, 0) is 13.0 Å². The molecule has 1 unspecified atom stereocenters. The van der Waals surface area contributed by atoms with Gasteiger partial charge in [-0.3, -0.25) is 16.0 Å². The predicted molar refractivity (Wildman–Crippen MR) is 70.7 cm³/mol. The van der Waals surface area contributed by atoms with Crippen molar-refractivity contribution in [3.05, 3.63) is 39.8 Å². The molecule has 0 amide bonds. The molecule has 2 rings (SSSR count). The summed E-state index contributed by atoms with van der Waals surface area (Å²) >= 11 is 1.74. The van der Waals surface area contributed by atoms with Crippen LogP contribution in [-0.4, -0.2) is 9.78 Å². The molecule has 0 fully saturated rings. The van der Waals surface area contributed by atoms with E-state index < -0.39 is 0 Å². The van der Waals surface area contributed by atoms with Gasteiger partial charge >= 0.3 is 0 Å². The Bertz CT molecular complexity index is 474. The number of thiophene rings is 1. The maximum atomic E-state index is 5.65. The van der Waals surface area contributed by atoms with Gasteiger partial charge in [-0.05, 0) is 42.8 Å². The second-order valence-corrected chi connectivity index (χ2v) is 5.04. The van der Waals surface area contributed by atoms with E-state index in [1.165, 1.54) is 16.0 Å². The van der Waals surface area contributed by atoms with Crippen molar-refractivity contribution in [2.24, 2.45) is 5.84 Å². The molecule has 92 valence electrons. The Morgan fingerprint density at radius 1 is 1.59 bits per heavy atom. The van der Waals surface area contributed by atoms with Crippen LogP contribution in [0.15, 0.2) is 23.8 Å². The third kappa shape index (κ3) is 2.74. The number of aryl methyl sites for hydroxylation is 2. The molecule has 0 aliphatic heterocycles. The molecule has 2 heterocycles. The summed E-state index contributed by atoms with van der Waals surface area (Å²) in [7, 11) is 0. The molecule has 0 spiro atoms. The van der Waals surface area contributed by atoms with Crippen molar-refractivity contribution in [2.45, 2.75) is 32.9 Å². The van der Waals surface area contributed by atoms with Crippen LogP contribution in [0.25, 0.3) is 0 Å². The van der Waals surface area contributed by atoms with E-state index in [4.69, 9.17) is 5.84 Å². The fraction of sp³-hybridized carbons (Fsp3) is 0.417. The summed E-state index contributed by atoms with van der Waals surface area (Å²) < 4.78 is 1.93. The van der Waals surface area contributed by atoms with E-state index in [1.54, 1.807) is 11.3 Å². The molecule has 2 aromatic heterocycles. The first-order valence-corrected chi connectivity index (χ1v) is 6.64. The molecule has 3 N–H and O–H groups in total. The summed E-state index contributed by atoms with van der Waals surface area (Å²) in [4.78, 5) is 1.30. The van der Waals surface area contributed by atoms with Crippen molar-refractivity contribution in [1.82, 2.24) is 15.2 Å². The summed E-state index contributed by atoms with van der Waals surface area (Å²) in [6.45, 7) is 5.10. The van der Waals surface area contributed by atoms with Gasteiger partial charge in [-0.15, -0.1) is 11.3 Å². The molecule has 17 heavy (non-hydrogen) atoms. The number of nitrogens with one attached hydrogen (secondary N) is 1. The molecule has 0 saturated heterocycles. The van der Waals surface area contributed by atoms with Crippen molar-refractivity contribution >= 4 is 11.3 Å². The zero-order valence-electron chi connectivity index (χ0n) is 10.2. The molecule has 5 heteroatoms. The van der Waals surface area contributed by atoms with Crippen molar-refractivity contribution < 1.29 is 0 Å². The lowest BCUT2D eigenvalue weighted by molar-refractivity contribution is 0.558. The predicted octanol–water partition coefficient (Wildman–Crippen LogP) is 2.02. The molecule has 0 bridgehead atoms. The molecule has 0 radical (unpaired) electrons. The molecular formula is C12H18N4S. The fourth-order valence-corrected chi connectivity index (χ4v) is 2.88. The third-order valence-electron chi connectivity index (χ3n) is 2.87. The lowest BCUT2D eigenvalue weighted by Crippen LogP contribution is -2.29. The van der Waals surface area contributed by atoms with Gasteiger partial charge in [-0.1, -0.05) is 0 Å². The zero-order valence-corrected chi connectivity index (χ0v) is 11.0.